The Bertz CT molecular complexity index is 569. The largest absolute Gasteiger partial charge is 0.311 e. The van der Waals surface area contributed by atoms with E-state index in [1.807, 2.05) is 0 Å². The first-order valence-corrected chi connectivity index (χ1v) is 7.80. The summed E-state index contributed by atoms with van der Waals surface area (Å²) < 4.78 is 0. The van der Waals surface area contributed by atoms with Crippen molar-refractivity contribution in [2.75, 3.05) is 19.6 Å². The molecule has 1 atom stereocenters. The minimum atomic E-state index is 0. The lowest BCUT2D eigenvalue weighted by Crippen LogP contribution is -2.37. The Morgan fingerprint density at radius 2 is 1.86 bits per heavy atom. The number of halogens is 2. The minimum absolute atomic E-state index is 0. The number of hydrogen-bond donors (Lipinski definition) is 1. The average molecular weight is 341 g/mol. The Hall–Kier alpha value is -0.800. The fourth-order valence-corrected chi connectivity index (χ4v) is 3.36. The van der Waals surface area contributed by atoms with E-state index in [2.05, 4.69) is 59.6 Å². The van der Waals surface area contributed by atoms with Gasteiger partial charge >= 0.3 is 0 Å². The molecule has 0 amide bonds. The van der Waals surface area contributed by atoms with Crippen LogP contribution in [0.25, 0.3) is 10.8 Å². The molecule has 1 unspecified atom stereocenters. The van der Waals surface area contributed by atoms with Crippen molar-refractivity contribution in [3.8, 4) is 0 Å². The molecular formula is C18H26Cl2N2. The van der Waals surface area contributed by atoms with Crippen LogP contribution in [0.3, 0.4) is 0 Å². The second kappa shape index (κ2) is 9.36. The molecule has 0 spiro atoms. The summed E-state index contributed by atoms with van der Waals surface area (Å²) >= 11 is 0. The van der Waals surface area contributed by atoms with Gasteiger partial charge in [-0.05, 0) is 42.3 Å². The van der Waals surface area contributed by atoms with Gasteiger partial charge in [0, 0.05) is 19.1 Å². The third-order valence-electron chi connectivity index (χ3n) is 4.48. The molecule has 122 valence electrons. The van der Waals surface area contributed by atoms with Crippen LogP contribution in [0, 0.1) is 0 Å². The maximum atomic E-state index is 3.66. The maximum Gasteiger partial charge on any atom is 0.0221 e. The van der Waals surface area contributed by atoms with Crippen molar-refractivity contribution in [2.24, 2.45) is 0 Å². The summed E-state index contributed by atoms with van der Waals surface area (Å²) in [6.45, 7) is 6.80. The minimum Gasteiger partial charge on any atom is -0.311 e. The maximum absolute atomic E-state index is 3.66. The molecule has 2 nitrogen and oxygen atoms in total. The van der Waals surface area contributed by atoms with Crippen molar-refractivity contribution in [1.82, 2.24) is 10.2 Å². The van der Waals surface area contributed by atoms with E-state index in [0.717, 1.165) is 19.1 Å². The Morgan fingerprint density at radius 3 is 2.68 bits per heavy atom. The molecule has 1 fully saturated rings. The molecule has 0 aliphatic carbocycles. The molecule has 22 heavy (non-hydrogen) atoms. The van der Waals surface area contributed by atoms with E-state index in [0.29, 0.717) is 0 Å². The van der Waals surface area contributed by atoms with Crippen LogP contribution in [0.1, 0.15) is 25.3 Å². The summed E-state index contributed by atoms with van der Waals surface area (Å²) in [5.41, 5.74) is 1.41. The summed E-state index contributed by atoms with van der Waals surface area (Å²) in [7, 11) is 0. The lowest BCUT2D eigenvalue weighted by molar-refractivity contribution is 0.260. The first-order chi connectivity index (χ1) is 9.88. The Kier molecular flexibility index (Phi) is 8.19. The van der Waals surface area contributed by atoms with Crippen molar-refractivity contribution in [2.45, 2.75) is 32.4 Å². The number of nitrogens with zero attached hydrogens (tertiary/aromatic N) is 1. The van der Waals surface area contributed by atoms with Gasteiger partial charge in [-0.15, -0.1) is 24.8 Å². The molecule has 1 aliphatic heterocycles. The van der Waals surface area contributed by atoms with Gasteiger partial charge in [-0.3, -0.25) is 4.90 Å². The molecular weight excluding hydrogens is 315 g/mol. The van der Waals surface area contributed by atoms with Gasteiger partial charge in [0.15, 0.2) is 0 Å². The standard InChI is InChI=1S/C18H24N2.2ClH/c1-2-20-12-6-10-17(20)14-19-13-16-9-5-8-15-7-3-4-11-18(15)16;;/h3-5,7-9,11,17,19H,2,6,10,12-14H2,1H3;2*1H. The summed E-state index contributed by atoms with van der Waals surface area (Å²) in [5, 5.41) is 6.37. The van der Waals surface area contributed by atoms with E-state index in [1.165, 1.54) is 42.3 Å². The van der Waals surface area contributed by atoms with Crippen molar-refractivity contribution < 1.29 is 0 Å². The van der Waals surface area contributed by atoms with Crippen LogP contribution in [0.2, 0.25) is 0 Å². The number of benzene rings is 2. The van der Waals surface area contributed by atoms with E-state index in [-0.39, 0.29) is 24.8 Å². The highest BCUT2D eigenvalue weighted by molar-refractivity contribution is 5.86. The number of rotatable bonds is 5. The van der Waals surface area contributed by atoms with E-state index < -0.39 is 0 Å². The van der Waals surface area contributed by atoms with Crippen LogP contribution < -0.4 is 5.32 Å². The van der Waals surface area contributed by atoms with Gasteiger partial charge in [0.25, 0.3) is 0 Å². The lowest BCUT2D eigenvalue weighted by atomic mass is 10.0. The molecule has 3 rings (SSSR count). The van der Waals surface area contributed by atoms with Crippen molar-refractivity contribution in [3.05, 3.63) is 48.0 Å². The SMILES string of the molecule is CCN1CCCC1CNCc1cccc2ccccc12.Cl.Cl. The van der Waals surface area contributed by atoms with E-state index in [4.69, 9.17) is 0 Å². The van der Waals surface area contributed by atoms with Crippen LogP contribution in [0.4, 0.5) is 0 Å². The Balaban J connectivity index is 0.00000121. The molecule has 1 saturated heterocycles. The molecule has 0 bridgehead atoms. The second-order valence-corrected chi connectivity index (χ2v) is 5.69. The highest BCUT2D eigenvalue weighted by Gasteiger charge is 2.22. The van der Waals surface area contributed by atoms with Gasteiger partial charge in [0.2, 0.25) is 0 Å². The summed E-state index contributed by atoms with van der Waals surface area (Å²) in [5.74, 6) is 0. The number of nitrogens with one attached hydrogen (secondary N) is 1. The van der Waals surface area contributed by atoms with Crippen LogP contribution in [-0.2, 0) is 6.54 Å². The quantitative estimate of drug-likeness (QED) is 0.874. The topological polar surface area (TPSA) is 15.3 Å². The third kappa shape index (κ3) is 4.36. The van der Waals surface area contributed by atoms with E-state index in [1.54, 1.807) is 0 Å². The van der Waals surface area contributed by atoms with Gasteiger partial charge in [-0.1, -0.05) is 49.4 Å². The fraction of sp³-hybridized carbons (Fsp3) is 0.444. The van der Waals surface area contributed by atoms with E-state index in [9.17, 15) is 0 Å². The van der Waals surface area contributed by atoms with Gasteiger partial charge < -0.3 is 5.32 Å². The van der Waals surface area contributed by atoms with Crippen LogP contribution in [-0.4, -0.2) is 30.6 Å². The zero-order chi connectivity index (χ0) is 13.8. The van der Waals surface area contributed by atoms with Gasteiger partial charge in [0.1, 0.15) is 0 Å². The first kappa shape index (κ1) is 19.2. The van der Waals surface area contributed by atoms with Crippen molar-refractivity contribution in [3.63, 3.8) is 0 Å². The lowest BCUT2D eigenvalue weighted by Gasteiger charge is -2.23. The molecule has 0 radical (unpaired) electrons. The molecule has 1 aliphatic rings. The van der Waals surface area contributed by atoms with Crippen LogP contribution >= 0.6 is 24.8 Å². The third-order valence-corrected chi connectivity index (χ3v) is 4.48. The van der Waals surface area contributed by atoms with E-state index >= 15 is 0 Å². The number of likely N-dealkylation sites (N-methyl/N-ethyl adjacent to an activating group) is 1. The molecule has 1 N–H and O–H groups in total. The Morgan fingerprint density at radius 1 is 1.09 bits per heavy atom. The number of likely N-dealkylation sites (tertiary alicyclic amines) is 1. The molecule has 2 aromatic carbocycles. The zero-order valence-electron chi connectivity index (χ0n) is 13.1. The van der Waals surface area contributed by atoms with Gasteiger partial charge in [-0.25, -0.2) is 0 Å². The molecule has 2 aromatic rings. The Labute approximate surface area is 146 Å². The highest BCUT2D eigenvalue weighted by Crippen LogP contribution is 2.19. The van der Waals surface area contributed by atoms with Crippen LogP contribution in [0.5, 0.6) is 0 Å². The average Bonchev–Trinajstić information content (AvgIpc) is 2.95. The monoisotopic (exact) mass is 340 g/mol. The van der Waals surface area contributed by atoms with Crippen LogP contribution in [0.15, 0.2) is 42.5 Å². The summed E-state index contributed by atoms with van der Waals surface area (Å²) in [6.07, 6.45) is 2.70. The fourth-order valence-electron chi connectivity index (χ4n) is 3.36. The number of fused-ring (bicyclic) bond motifs is 1. The first-order valence-electron chi connectivity index (χ1n) is 7.80. The zero-order valence-corrected chi connectivity index (χ0v) is 14.8. The van der Waals surface area contributed by atoms with Gasteiger partial charge in [-0.2, -0.15) is 0 Å². The molecule has 1 heterocycles. The predicted molar refractivity (Wildman–Crippen MR) is 100 cm³/mol. The smallest absolute Gasteiger partial charge is 0.0221 e. The van der Waals surface area contributed by atoms with Crippen molar-refractivity contribution >= 4 is 35.6 Å². The highest BCUT2D eigenvalue weighted by atomic mass is 35.5. The van der Waals surface area contributed by atoms with Crippen molar-refractivity contribution in [1.29, 1.82) is 0 Å². The molecule has 0 saturated carbocycles. The summed E-state index contributed by atoms with van der Waals surface area (Å²) in [6, 6.07) is 16.0. The predicted octanol–water partition coefficient (Wildman–Crippen LogP) is 4.26. The number of hydrogen-bond acceptors (Lipinski definition) is 2. The molecule has 4 heteroatoms. The van der Waals surface area contributed by atoms with Gasteiger partial charge in [0.05, 0.1) is 0 Å². The summed E-state index contributed by atoms with van der Waals surface area (Å²) in [4.78, 5) is 2.59. The molecule has 0 aromatic heterocycles. The second-order valence-electron chi connectivity index (χ2n) is 5.69. The normalized spacial score (nSPS) is 18.0.